The lowest BCUT2D eigenvalue weighted by atomic mass is 9.97. The normalized spacial score (nSPS) is 19.2. The van der Waals surface area contributed by atoms with Gasteiger partial charge in [-0.3, -0.25) is 4.79 Å². The van der Waals surface area contributed by atoms with Gasteiger partial charge in [-0.15, -0.1) is 0 Å². The molecule has 1 N–H and O–H groups in total. The second kappa shape index (κ2) is 12.0. The lowest BCUT2D eigenvalue weighted by molar-refractivity contribution is -0.126. The second-order valence-electron chi connectivity index (χ2n) is 7.94. The van der Waals surface area contributed by atoms with E-state index in [2.05, 4.69) is 19.2 Å². The zero-order valence-electron chi connectivity index (χ0n) is 17.3. The molecule has 1 fully saturated rings. The maximum Gasteiger partial charge on any atom is 0.223 e. The van der Waals surface area contributed by atoms with Crippen LogP contribution in [0.1, 0.15) is 85.5 Å². The molecule has 2 unspecified atom stereocenters. The van der Waals surface area contributed by atoms with Gasteiger partial charge in [-0.2, -0.15) is 0 Å². The summed E-state index contributed by atoms with van der Waals surface area (Å²) in [7, 11) is -3.20. The van der Waals surface area contributed by atoms with E-state index >= 15 is 0 Å². The lowest BCUT2D eigenvalue weighted by Crippen LogP contribution is -2.45. The quantitative estimate of drug-likeness (QED) is 0.515. The van der Waals surface area contributed by atoms with Crippen LogP contribution in [0.15, 0.2) is 0 Å². The molecule has 0 aromatic rings. The molecule has 0 aromatic carbocycles. The predicted octanol–water partition coefficient (Wildman–Crippen LogP) is 3.94. The SMILES string of the molecule is CCC(C)CCCCCCNC(=O)C1CCN(S(=O)(=O)C(C)CC)CC1. The standard InChI is InChI=1S/C20H40N2O3S/c1-5-17(3)11-9-7-8-10-14-21-20(23)19-12-15-22(16-13-19)26(24,25)18(4)6-2/h17-19H,5-16H2,1-4H3,(H,21,23). The maximum atomic E-state index is 12.4. The molecular formula is C20H40N2O3S. The molecule has 0 bridgehead atoms. The number of piperidine rings is 1. The molecule has 1 amide bonds. The first-order valence-electron chi connectivity index (χ1n) is 10.6. The Morgan fingerprint density at radius 1 is 1.04 bits per heavy atom. The molecule has 0 aliphatic carbocycles. The van der Waals surface area contributed by atoms with Gasteiger partial charge in [0.05, 0.1) is 5.25 Å². The van der Waals surface area contributed by atoms with Gasteiger partial charge in [-0.1, -0.05) is 52.9 Å². The third kappa shape index (κ3) is 7.55. The topological polar surface area (TPSA) is 66.5 Å². The van der Waals surface area contributed by atoms with Gasteiger partial charge in [0.2, 0.25) is 15.9 Å². The van der Waals surface area contributed by atoms with E-state index in [9.17, 15) is 13.2 Å². The Hall–Kier alpha value is -0.620. The van der Waals surface area contributed by atoms with Crippen molar-refractivity contribution in [3.63, 3.8) is 0 Å². The summed E-state index contributed by atoms with van der Waals surface area (Å²) in [5.74, 6) is 0.888. The largest absolute Gasteiger partial charge is 0.356 e. The molecule has 0 spiro atoms. The molecule has 5 nitrogen and oxygen atoms in total. The fourth-order valence-corrected chi connectivity index (χ4v) is 5.02. The molecule has 2 atom stereocenters. The summed E-state index contributed by atoms with van der Waals surface area (Å²) in [6, 6.07) is 0. The maximum absolute atomic E-state index is 12.4. The molecule has 1 aliphatic rings. The Bertz CT molecular complexity index is 499. The Kier molecular flexibility index (Phi) is 10.8. The van der Waals surface area contributed by atoms with Gasteiger partial charge in [-0.05, 0) is 38.5 Å². The van der Waals surface area contributed by atoms with E-state index in [0.29, 0.717) is 32.4 Å². The van der Waals surface area contributed by atoms with E-state index in [1.165, 1.54) is 32.1 Å². The lowest BCUT2D eigenvalue weighted by Gasteiger charge is -2.32. The summed E-state index contributed by atoms with van der Waals surface area (Å²) >= 11 is 0. The van der Waals surface area contributed by atoms with Gasteiger partial charge in [0.1, 0.15) is 0 Å². The highest BCUT2D eigenvalue weighted by molar-refractivity contribution is 7.89. The molecule has 0 aromatic heterocycles. The molecule has 1 saturated heterocycles. The van der Waals surface area contributed by atoms with Crippen molar-refractivity contribution in [2.45, 2.75) is 90.7 Å². The summed E-state index contributed by atoms with van der Waals surface area (Å²) < 4.78 is 26.3. The van der Waals surface area contributed by atoms with Crippen molar-refractivity contribution in [3.05, 3.63) is 0 Å². The van der Waals surface area contributed by atoms with E-state index in [4.69, 9.17) is 0 Å². The van der Waals surface area contributed by atoms with Gasteiger partial charge in [-0.25, -0.2) is 12.7 Å². The van der Waals surface area contributed by atoms with Crippen LogP contribution in [0, 0.1) is 11.8 Å². The van der Waals surface area contributed by atoms with Gasteiger partial charge in [0.25, 0.3) is 0 Å². The minimum atomic E-state index is -3.20. The first kappa shape index (κ1) is 23.4. The Morgan fingerprint density at radius 3 is 2.23 bits per heavy atom. The fraction of sp³-hybridized carbons (Fsp3) is 0.950. The Labute approximate surface area is 161 Å². The summed E-state index contributed by atoms with van der Waals surface area (Å²) in [6.45, 7) is 9.89. The number of unbranched alkanes of at least 4 members (excludes halogenated alkanes) is 3. The minimum absolute atomic E-state index is 0.0382. The van der Waals surface area contributed by atoms with E-state index in [1.54, 1.807) is 11.2 Å². The van der Waals surface area contributed by atoms with Gasteiger partial charge in [0, 0.05) is 25.6 Å². The predicted molar refractivity (Wildman–Crippen MR) is 109 cm³/mol. The van der Waals surface area contributed by atoms with Crippen molar-refractivity contribution in [2.24, 2.45) is 11.8 Å². The number of sulfonamides is 1. The minimum Gasteiger partial charge on any atom is -0.356 e. The van der Waals surface area contributed by atoms with Crippen LogP contribution >= 0.6 is 0 Å². The summed E-state index contributed by atoms with van der Waals surface area (Å²) in [5, 5.41) is 2.70. The molecule has 0 radical (unpaired) electrons. The molecule has 154 valence electrons. The van der Waals surface area contributed by atoms with E-state index in [1.807, 2.05) is 6.92 Å². The number of carbonyl (C=O) groups is 1. The zero-order chi connectivity index (χ0) is 19.6. The first-order chi connectivity index (χ1) is 12.3. The molecule has 1 aliphatic heterocycles. The van der Waals surface area contributed by atoms with E-state index in [0.717, 1.165) is 18.9 Å². The fourth-order valence-electron chi connectivity index (χ4n) is 3.37. The van der Waals surface area contributed by atoms with Crippen LogP contribution in [0.2, 0.25) is 0 Å². The second-order valence-corrected chi connectivity index (χ2v) is 10.3. The van der Waals surface area contributed by atoms with Crippen molar-refractivity contribution in [3.8, 4) is 0 Å². The number of hydrogen-bond donors (Lipinski definition) is 1. The van der Waals surface area contributed by atoms with Gasteiger partial charge < -0.3 is 5.32 Å². The van der Waals surface area contributed by atoms with Crippen molar-refractivity contribution in [1.82, 2.24) is 9.62 Å². The third-order valence-electron chi connectivity index (χ3n) is 5.89. The zero-order valence-corrected chi connectivity index (χ0v) is 18.1. The van der Waals surface area contributed by atoms with Crippen LogP contribution in [-0.4, -0.2) is 43.5 Å². The van der Waals surface area contributed by atoms with Crippen LogP contribution in [0.5, 0.6) is 0 Å². The van der Waals surface area contributed by atoms with Crippen molar-refractivity contribution < 1.29 is 13.2 Å². The number of nitrogens with one attached hydrogen (secondary N) is 1. The smallest absolute Gasteiger partial charge is 0.223 e. The number of hydrogen-bond acceptors (Lipinski definition) is 3. The van der Waals surface area contributed by atoms with Crippen molar-refractivity contribution in [1.29, 1.82) is 0 Å². The number of carbonyl (C=O) groups excluding carboxylic acids is 1. The van der Waals surface area contributed by atoms with Crippen LogP contribution in [0.3, 0.4) is 0 Å². The molecule has 0 saturated carbocycles. The molecule has 6 heteroatoms. The number of rotatable bonds is 12. The van der Waals surface area contributed by atoms with E-state index in [-0.39, 0.29) is 17.1 Å². The van der Waals surface area contributed by atoms with Gasteiger partial charge >= 0.3 is 0 Å². The van der Waals surface area contributed by atoms with Crippen molar-refractivity contribution >= 4 is 15.9 Å². The third-order valence-corrected chi connectivity index (χ3v) is 8.32. The van der Waals surface area contributed by atoms with Crippen LogP contribution in [0.4, 0.5) is 0 Å². The molecule has 1 heterocycles. The monoisotopic (exact) mass is 388 g/mol. The van der Waals surface area contributed by atoms with Gasteiger partial charge in [0.15, 0.2) is 0 Å². The summed E-state index contributed by atoms with van der Waals surface area (Å²) in [6.07, 6.45) is 9.19. The first-order valence-corrected chi connectivity index (χ1v) is 12.1. The summed E-state index contributed by atoms with van der Waals surface area (Å²) in [4.78, 5) is 12.3. The molecule has 26 heavy (non-hydrogen) atoms. The number of amides is 1. The highest BCUT2D eigenvalue weighted by Gasteiger charge is 2.33. The van der Waals surface area contributed by atoms with E-state index < -0.39 is 10.0 Å². The summed E-state index contributed by atoms with van der Waals surface area (Å²) in [5.41, 5.74) is 0. The van der Waals surface area contributed by atoms with Crippen LogP contribution in [0.25, 0.3) is 0 Å². The average Bonchev–Trinajstić information content (AvgIpc) is 2.66. The highest BCUT2D eigenvalue weighted by atomic mass is 32.2. The Morgan fingerprint density at radius 2 is 1.65 bits per heavy atom. The average molecular weight is 389 g/mol. The number of nitrogens with zero attached hydrogens (tertiary/aromatic N) is 1. The van der Waals surface area contributed by atoms with Crippen molar-refractivity contribution in [2.75, 3.05) is 19.6 Å². The molecular weight excluding hydrogens is 348 g/mol. The highest BCUT2D eigenvalue weighted by Crippen LogP contribution is 2.22. The van der Waals surface area contributed by atoms with Crippen LogP contribution in [-0.2, 0) is 14.8 Å². The molecule has 1 rings (SSSR count). The van der Waals surface area contributed by atoms with Crippen LogP contribution < -0.4 is 5.32 Å². The Balaban J connectivity index is 2.18.